The maximum Gasteiger partial charge on any atom is 0.239 e. The molecular formula is C20H32FN3O. The Bertz CT molecular complexity index is 556. The Kier molecular flexibility index (Phi) is 7.38. The van der Waals surface area contributed by atoms with Gasteiger partial charge in [-0.1, -0.05) is 12.1 Å². The van der Waals surface area contributed by atoms with Crippen LogP contribution in [0.15, 0.2) is 24.3 Å². The molecule has 0 aromatic heterocycles. The van der Waals surface area contributed by atoms with Gasteiger partial charge in [-0.15, -0.1) is 0 Å². The molecule has 1 fully saturated rings. The minimum atomic E-state index is -0.258. The summed E-state index contributed by atoms with van der Waals surface area (Å²) in [6.07, 6.45) is 3.57. The van der Waals surface area contributed by atoms with Gasteiger partial charge in [0.25, 0.3) is 0 Å². The molecule has 1 atom stereocenters. The number of hydrogen-bond acceptors (Lipinski definition) is 3. The molecule has 1 aromatic carbocycles. The predicted molar refractivity (Wildman–Crippen MR) is 99.8 cm³/mol. The molecule has 1 aliphatic rings. The summed E-state index contributed by atoms with van der Waals surface area (Å²) in [6, 6.07) is 6.34. The maximum absolute atomic E-state index is 13.3. The van der Waals surface area contributed by atoms with Crippen molar-refractivity contribution in [3.8, 4) is 0 Å². The van der Waals surface area contributed by atoms with Crippen LogP contribution >= 0.6 is 0 Å². The zero-order valence-electron chi connectivity index (χ0n) is 16.0. The molecule has 25 heavy (non-hydrogen) atoms. The first-order chi connectivity index (χ1) is 11.9. The van der Waals surface area contributed by atoms with Gasteiger partial charge in [-0.3, -0.25) is 9.69 Å². The van der Waals surface area contributed by atoms with E-state index in [1.54, 1.807) is 18.0 Å². The number of hydrogen-bond donors (Lipinski definition) is 0. The van der Waals surface area contributed by atoms with Gasteiger partial charge in [0.05, 0.1) is 6.04 Å². The van der Waals surface area contributed by atoms with E-state index in [1.807, 2.05) is 13.0 Å². The first kappa shape index (κ1) is 19.9. The van der Waals surface area contributed by atoms with Crippen LogP contribution in [0.4, 0.5) is 4.39 Å². The van der Waals surface area contributed by atoms with Crippen molar-refractivity contribution in [2.24, 2.45) is 5.92 Å². The second kappa shape index (κ2) is 9.30. The van der Waals surface area contributed by atoms with Gasteiger partial charge in [0.1, 0.15) is 5.82 Å². The average molecular weight is 349 g/mol. The standard InChI is InChI=1S/C20H32FN3O/c1-16(24-12-9-17(10-13-24)8-11-22(2)3)20(25)23(4)15-18-6-5-7-19(21)14-18/h5-7,14,16-17H,8-13,15H2,1-4H3. The van der Waals surface area contributed by atoms with Gasteiger partial charge in [-0.25, -0.2) is 4.39 Å². The molecule has 0 saturated carbocycles. The number of benzene rings is 1. The zero-order chi connectivity index (χ0) is 18.4. The van der Waals surface area contributed by atoms with Crippen LogP contribution in [0.3, 0.4) is 0 Å². The molecule has 1 heterocycles. The third-order valence-corrected chi connectivity index (χ3v) is 5.22. The number of amides is 1. The summed E-state index contributed by atoms with van der Waals surface area (Å²) in [5, 5.41) is 0. The van der Waals surface area contributed by atoms with Crippen molar-refractivity contribution in [2.45, 2.75) is 38.8 Å². The Labute approximate surface area is 151 Å². The van der Waals surface area contributed by atoms with Crippen molar-refractivity contribution in [2.75, 3.05) is 40.8 Å². The number of piperidine rings is 1. The van der Waals surface area contributed by atoms with Crippen molar-refractivity contribution >= 4 is 5.91 Å². The number of carbonyl (C=O) groups is 1. The minimum absolute atomic E-state index is 0.107. The number of halogens is 1. The largest absolute Gasteiger partial charge is 0.340 e. The third-order valence-electron chi connectivity index (χ3n) is 5.22. The summed E-state index contributed by atoms with van der Waals surface area (Å²) in [5.74, 6) is 0.619. The lowest BCUT2D eigenvalue weighted by Crippen LogP contribution is -2.48. The average Bonchev–Trinajstić information content (AvgIpc) is 2.59. The summed E-state index contributed by atoms with van der Waals surface area (Å²) in [4.78, 5) is 18.9. The van der Waals surface area contributed by atoms with E-state index < -0.39 is 0 Å². The molecule has 4 nitrogen and oxygen atoms in total. The Balaban J connectivity index is 1.81. The lowest BCUT2D eigenvalue weighted by atomic mass is 9.92. The molecule has 0 bridgehead atoms. The lowest BCUT2D eigenvalue weighted by Gasteiger charge is -2.37. The summed E-state index contributed by atoms with van der Waals surface area (Å²) >= 11 is 0. The second-order valence-electron chi connectivity index (χ2n) is 7.57. The fourth-order valence-electron chi connectivity index (χ4n) is 3.53. The first-order valence-electron chi connectivity index (χ1n) is 9.25. The van der Waals surface area contributed by atoms with E-state index in [4.69, 9.17) is 0 Å². The Hall–Kier alpha value is -1.46. The second-order valence-corrected chi connectivity index (χ2v) is 7.57. The normalized spacial score (nSPS) is 17.7. The Morgan fingerprint density at radius 2 is 1.96 bits per heavy atom. The molecular weight excluding hydrogens is 317 g/mol. The van der Waals surface area contributed by atoms with Gasteiger partial charge in [0.2, 0.25) is 5.91 Å². The van der Waals surface area contributed by atoms with Crippen molar-refractivity contribution in [1.29, 1.82) is 0 Å². The molecule has 5 heteroatoms. The number of carbonyl (C=O) groups excluding carboxylic acids is 1. The van der Waals surface area contributed by atoms with Gasteiger partial charge < -0.3 is 9.80 Å². The molecule has 140 valence electrons. The summed E-state index contributed by atoms with van der Waals surface area (Å²) < 4.78 is 13.3. The number of likely N-dealkylation sites (N-methyl/N-ethyl adjacent to an activating group) is 1. The highest BCUT2D eigenvalue weighted by molar-refractivity contribution is 5.81. The van der Waals surface area contributed by atoms with Crippen molar-refractivity contribution < 1.29 is 9.18 Å². The third kappa shape index (κ3) is 6.08. The van der Waals surface area contributed by atoms with E-state index in [0.29, 0.717) is 6.54 Å². The van der Waals surface area contributed by atoms with Gasteiger partial charge in [-0.05, 0) is 83.5 Å². The number of nitrogens with zero attached hydrogens (tertiary/aromatic N) is 3. The maximum atomic E-state index is 13.3. The van der Waals surface area contributed by atoms with Crippen LogP contribution in [0.2, 0.25) is 0 Å². The van der Waals surface area contributed by atoms with E-state index in [9.17, 15) is 9.18 Å². The fourth-order valence-corrected chi connectivity index (χ4v) is 3.53. The minimum Gasteiger partial charge on any atom is -0.340 e. The molecule has 0 spiro atoms. The van der Waals surface area contributed by atoms with Crippen molar-refractivity contribution in [3.05, 3.63) is 35.6 Å². The highest BCUT2D eigenvalue weighted by atomic mass is 19.1. The van der Waals surface area contributed by atoms with Crippen LogP contribution in [0.5, 0.6) is 0 Å². The molecule has 0 N–H and O–H groups in total. The molecule has 1 amide bonds. The van der Waals surface area contributed by atoms with Crippen LogP contribution in [0.1, 0.15) is 31.7 Å². The molecule has 2 rings (SSSR count). The van der Waals surface area contributed by atoms with Gasteiger partial charge in [-0.2, -0.15) is 0 Å². The molecule has 1 unspecified atom stereocenters. The number of likely N-dealkylation sites (tertiary alicyclic amines) is 1. The smallest absolute Gasteiger partial charge is 0.239 e. The highest BCUT2D eigenvalue weighted by Gasteiger charge is 2.28. The van der Waals surface area contributed by atoms with E-state index in [2.05, 4.69) is 23.9 Å². The summed E-state index contributed by atoms with van der Waals surface area (Å²) in [7, 11) is 6.03. The van der Waals surface area contributed by atoms with E-state index in [1.165, 1.54) is 31.4 Å². The quantitative estimate of drug-likeness (QED) is 0.757. The van der Waals surface area contributed by atoms with Crippen LogP contribution in [0.25, 0.3) is 0 Å². The van der Waals surface area contributed by atoms with Gasteiger partial charge >= 0.3 is 0 Å². The van der Waals surface area contributed by atoms with Crippen LogP contribution in [-0.2, 0) is 11.3 Å². The number of rotatable bonds is 7. The van der Waals surface area contributed by atoms with Crippen LogP contribution in [0, 0.1) is 11.7 Å². The van der Waals surface area contributed by atoms with Crippen molar-refractivity contribution in [3.63, 3.8) is 0 Å². The summed E-state index contributed by atoms with van der Waals surface area (Å²) in [6.45, 7) is 5.54. The Morgan fingerprint density at radius 3 is 2.56 bits per heavy atom. The van der Waals surface area contributed by atoms with Gasteiger partial charge in [0.15, 0.2) is 0 Å². The van der Waals surface area contributed by atoms with E-state index in [-0.39, 0.29) is 17.8 Å². The molecule has 0 aliphatic carbocycles. The molecule has 1 aliphatic heterocycles. The SMILES string of the molecule is CC(C(=O)N(C)Cc1cccc(F)c1)N1CCC(CCN(C)C)CC1. The lowest BCUT2D eigenvalue weighted by molar-refractivity contribution is -0.136. The Morgan fingerprint density at radius 1 is 1.28 bits per heavy atom. The molecule has 1 aromatic rings. The summed E-state index contributed by atoms with van der Waals surface area (Å²) in [5.41, 5.74) is 0.824. The van der Waals surface area contributed by atoms with E-state index in [0.717, 1.165) is 31.1 Å². The first-order valence-corrected chi connectivity index (χ1v) is 9.25. The molecule has 0 radical (unpaired) electrons. The fraction of sp³-hybridized carbons (Fsp3) is 0.650. The van der Waals surface area contributed by atoms with Crippen LogP contribution < -0.4 is 0 Å². The highest BCUT2D eigenvalue weighted by Crippen LogP contribution is 2.22. The van der Waals surface area contributed by atoms with Gasteiger partial charge in [0, 0.05) is 13.6 Å². The zero-order valence-corrected chi connectivity index (χ0v) is 16.0. The van der Waals surface area contributed by atoms with Crippen molar-refractivity contribution in [1.82, 2.24) is 14.7 Å². The monoisotopic (exact) mass is 349 g/mol. The predicted octanol–water partition coefficient (Wildman–Crippen LogP) is 2.84. The topological polar surface area (TPSA) is 26.8 Å². The van der Waals surface area contributed by atoms with E-state index >= 15 is 0 Å². The molecule has 1 saturated heterocycles. The van der Waals surface area contributed by atoms with Crippen LogP contribution in [-0.4, -0.2) is 67.4 Å².